The first-order valence-electron chi connectivity index (χ1n) is 7.31. The fourth-order valence-corrected chi connectivity index (χ4v) is 2.90. The third-order valence-corrected chi connectivity index (χ3v) is 3.86. The van der Waals surface area contributed by atoms with E-state index in [1.807, 2.05) is 31.2 Å². The summed E-state index contributed by atoms with van der Waals surface area (Å²) < 4.78 is 5.69. The fourth-order valence-electron chi connectivity index (χ4n) is 2.90. The summed E-state index contributed by atoms with van der Waals surface area (Å²) >= 11 is 0. The van der Waals surface area contributed by atoms with Gasteiger partial charge in [-0.2, -0.15) is 0 Å². The minimum absolute atomic E-state index is 0.0260. The van der Waals surface area contributed by atoms with Crippen LogP contribution in [0.15, 0.2) is 30.3 Å². The number of aliphatic hydroxyl groups excluding tert-OH is 1. The maximum absolute atomic E-state index is 9.35. The SMILES string of the molecule is CC1CN(c2cc(CN)c3ccccc3n2)CC(CO)O1. The van der Waals surface area contributed by atoms with Crippen molar-refractivity contribution in [3.05, 3.63) is 35.9 Å². The number of aromatic nitrogens is 1. The molecule has 1 aliphatic rings. The molecule has 5 nitrogen and oxygen atoms in total. The Morgan fingerprint density at radius 3 is 2.95 bits per heavy atom. The second kappa shape index (κ2) is 5.97. The largest absolute Gasteiger partial charge is 0.394 e. The number of benzene rings is 1. The van der Waals surface area contributed by atoms with Crippen LogP contribution in [0.25, 0.3) is 10.9 Å². The van der Waals surface area contributed by atoms with Gasteiger partial charge in [0.25, 0.3) is 0 Å². The molecule has 3 N–H and O–H groups in total. The van der Waals surface area contributed by atoms with Crippen molar-refractivity contribution in [3.63, 3.8) is 0 Å². The van der Waals surface area contributed by atoms with Crippen LogP contribution in [0.5, 0.6) is 0 Å². The maximum atomic E-state index is 9.35. The lowest BCUT2D eigenvalue weighted by Gasteiger charge is -2.37. The first-order valence-corrected chi connectivity index (χ1v) is 7.31. The standard InChI is InChI=1S/C16H21N3O2/c1-11-8-19(9-13(10-20)21-11)16-6-12(7-17)14-4-2-3-5-15(14)18-16/h2-6,11,13,20H,7-10,17H2,1H3. The molecule has 0 amide bonds. The minimum atomic E-state index is -0.164. The first-order chi connectivity index (χ1) is 10.2. The number of fused-ring (bicyclic) bond motifs is 1. The third-order valence-electron chi connectivity index (χ3n) is 3.86. The molecule has 2 unspecified atom stereocenters. The highest BCUT2D eigenvalue weighted by Crippen LogP contribution is 2.25. The summed E-state index contributed by atoms with van der Waals surface area (Å²) in [5, 5.41) is 10.5. The van der Waals surface area contributed by atoms with Gasteiger partial charge >= 0.3 is 0 Å². The summed E-state index contributed by atoms with van der Waals surface area (Å²) in [4.78, 5) is 6.91. The summed E-state index contributed by atoms with van der Waals surface area (Å²) in [5.74, 6) is 0.905. The molecule has 0 bridgehead atoms. The Kier molecular flexibility index (Phi) is 4.05. The molecular weight excluding hydrogens is 266 g/mol. The van der Waals surface area contributed by atoms with Gasteiger partial charge in [0.15, 0.2) is 0 Å². The highest BCUT2D eigenvalue weighted by molar-refractivity contribution is 5.84. The summed E-state index contributed by atoms with van der Waals surface area (Å²) in [6.45, 7) is 3.94. The van der Waals surface area contributed by atoms with Gasteiger partial charge in [-0.3, -0.25) is 0 Å². The van der Waals surface area contributed by atoms with Gasteiger partial charge in [0, 0.05) is 25.0 Å². The van der Waals surface area contributed by atoms with Crippen LogP contribution < -0.4 is 10.6 Å². The number of anilines is 1. The zero-order valence-corrected chi connectivity index (χ0v) is 12.2. The van der Waals surface area contributed by atoms with Crippen LogP contribution in [0.3, 0.4) is 0 Å². The molecule has 1 fully saturated rings. The lowest BCUT2D eigenvalue weighted by atomic mass is 10.1. The molecule has 0 spiro atoms. The maximum Gasteiger partial charge on any atom is 0.129 e. The molecule has 2 atom stereocenters. The van der Waals surface area contributed by atoms with E-state index < -0.39 is 0 Å². The molecular formula is C16H21N3O2. The first kappa shape index (κ1) is 14.3. The molecule has 5 heteroatoms. The quantitative estimate of drug-likeness (QED) is 0.890. The molecule has 1 saturated heterocycles. The Bertz CT molecular complexity index is 632. The van der Waals surface area contributed by atoms with Gasteiger partial charge in [-0.15, -0.1) is 0 Å². The number of pyridine rings is 1. The van der Waals surface area contributed by atoms with Gasteiger partial charge in [0.1, 0.15) is 5.82 Å². The smallest absolute Gasteiger partial charge is 0.129 e. The predicted octanol–water partition coefficient (Wildman–Crippen LogP) is 1.28. The molecule has 2 heterocycles. The molecule has 1 aromatic carbocycles. The molecule has 2 aromatic rings. The number of nitrogens with two attached hydrogens (primary N) is 1. The third kappa shape index (κ3) is 2.85. The Hall–Kier alpha value is -1.69. The lowest BCUT2D eigenvalue weighted by molar-refractivity contribution is -0.0422. The zero-order valence-electron chi connectivity index (χ0n) is 12.2. The van der Waals surface area contributed by atoms with Crippen LogP contribution in [-0.4, -0.2) is 42.0 Å². The van der Waals surface area contributed by atoms with E-state index in [-0.39, 0.29) is 18.8 Å². The van der Waals surface area contributed by atoms with Crippen LogP contribution in [0.1, 0.15) is 12.5 Å². The van der Waals surface area contributed by atoms with Crippen molar-refractivity contribution in [1.29, 1.82) is 0 Å². The van der Waals surface area contributed by atoms with E-state index in [0.29, 0.717) is 13.1 Å². The predicted molar refractivity (Wildman–Crippen MR) is 83.3 cm³/mol. The summed E-state index contributed by atoms with van der Waals surface area (Å²) in [5.41, 5.74) is 7.93. The van der Waals surface area contributed by atoms with Gasteiger partial charge in [-0.25, -0.2) is 4.98 Å². The molecule has 3 rings (SSSR count). The van der Waals surface area contributed by atoms with E-state index in [1.165, 1.54) is 0 Å². The van der Waals surface area contributed by atoms with Crippen LogP contribution in [-0.2, 0) is 11.3 Å². The molecule has 0 aliphatic carbocycles. The number of para-hydroxylation sites is 1. The Balaban J connectivity index is 1.99. The van der Waals surface area contributed by atoms with Crippen molar-refractivity contribution in [2.45, 2.75) is 25.7 Å². The van der Waals surface area contributed by atoms with E-state index in [1.54, 1.807) is 0 Å². The van der Waals surface area contributed by atoms with E-state index in [0.717, 1.165) is 28.8 Å². The number of rotatable bonds is 3. The molecule has 112 valence electrons. The average Bonchev–Trinajstić information content (AvgIpc) is 2.53. The second-order valence-corrected chi connectivity index (χ2v) is 5.52. The van der Waals surface area contributed by atoms with E-state index in [9.17, 15) is 5.11 Å². The van der Waals surface area contributed by atoms with Crippen LogP contribution in [0.2, 0.25) is 0 Å². The number of nitrogens with zero attached hydrogens (tertiary/aromatic N) is 2. The highest BCUT2D eigenvalue weighted by Gasteiger charge is 2.26. The van der Waals surface area contributed by atoms with Gasteiger partial charge < -0.3 is 20.5 Å². The van der Waals surface area contributed by atoms with Crippen LogP contribution in [0.4, 0.5) is 5.82 Å². The van der Waals surface area contributed by atoms with Gasteiger partial charge in [0.05, 0.1) is 24.3 Å². The van der Waals surface area contributed by atoms with E-state index in [2.05, 4.69) is 11.0 Å². The molecule has 1 aromatic heterocycles. The number of aliphatic hydroxyl groups is 1. The van der Waals surface area contributed by atoms with Gasteiger partial charge in [0.2, 0.25) is 0 Å². The normalized spacial score (nSPS) is 22.7. The minimum Gasteiger partial charge on any atom is -0.394 e. The molecule has 21 heavy (non-hydrogen) atoms. The highest BCUT2D eigenvalue weighted by atomic mass is 16.5. The number of ether oxygens (including phenoxy) is 1. The van der Waals surface area contributed by atoms with Crippen molar-refractivity contribution in [2.24, 2.45) is 5.73 Å². The van der Waals surface area contributed by atoms with Crippen molar-refractivity contribution in [3.8, 4) is 0 Å². The lowest BCUT2D eigenvalue weighted by Crippen LogP contribution is -2.48. The summed E-state index contributed by atoms with van der Waals surface area (Å²) in [6.07, 6.45) is -0.0890. The Labute approximate surface area is 124 Å². The van der Waals surface area contributed by atoms with Crippen LogP contribution >= 0.6 is 0 Å². The monoisotopic (exact) mass is 287 g/mol. The summed E-state index contributed by atoms with van der Waals surface area (Å²) in [6, 6.07) is 10.1. The van der Waals surface area contributed by atoms with Crippen molar-refractivity contribution >= 4 is 16.7 Å². The topological polar surface area (TPSA) is 71.6 Å². The van der Waals surface area contributed by atoms with Crippen molar-refractivity contribution in [1.82, 2.24) is 4.98 Å². The number of hydrogen-bond donors (Lipinski definition) is 2. The fraction of sp³-hybridized carbons (Fsp3) is 0.438. The second-order valence-electron chi connectivity index (χ2n) is 5.52. The van der Waals surface area contributed by atoms with E-state index >= 15 is 0 Å². The zero-order chi connectivity index (χ0) is 14.8. The molecule has 0 radical (unpaired) electrons. The van der Waals surface area contributed by atoms with Crippen molar-refractivity contribution in [2.75, 3.05) is 24.6 Å². The van der Waals surface area contributed by atoms with Crippen molar-refractivity contribution < 1.29 is 9.84 Å². The average molecular weight is 287 g/mol. The molecule has 1 aliphatic heterocycles. The van der Waals surface area contributed by atoms with Gasteiger partial charge in [-0.05, 0) is 24.6 Å². The van der Waals surface area contributed by atoms with Gasteiger partial charge in [-0.1, -0.05) is 18.2 Å². The van der Waals surface area contributed by atoms with E-state index in [4.69, 9.17) is 15.5 Å². The Morgan fingerprint density at radius 2 is 2.19 bits per heavy atom. The Morgan fingerprint density at radius 1 is 1.38 bits per heavy atom. The number of hydrogen-bond acceptors (Lipinski definition) is 5. The summed E-state index contributed by atoms with van der Waals surface area (Å²) in [7, 11) is 0. The number of morpholine rings is 1. The molecule has 0 saturated carbocycles. The van der Waals surface area contributed by atoms with Crippen LogP contribution in [0, 0.1) is 0 Å².